The van der Waals surface area contributed by atoms with Crippen LogP contribution in [-0.4, -0.2) is 45.3 Å². The molecule has 1 aliphatic carbocycles. The number of unbranched alkanes of at least 4 members (excludes halogenated alkanes) is 4. The van der Waals surface area contributed by atoms with Crippen molar-refractivity contribution in [2.45, 2.75) is 95.9 Å². The van der Waals surface area contributed by atoms with Crippen molar-refractivity contribution in [3.8, 4) is 0 Å². The molecule has 152 valence electrons. The molecule has 1 rings (SSSR count). The van der Waals surface area contributed by atoms with Crippen LogP contribution in [0, 0.1) is 11.8 Å². The summed E-state index contributed by atoms with van der Waals surface area (Å²) < 4.78 is 28.1. The number of carbonyl (C=O) groups excluding carboxylic acids is 1. The average molecular weight is 376 g/mol. The van der Waals surface area contributed by atoms with Crippen molar-refractivity contribution in [3.05, 3.63) is 12.2 Å². The lowest BCUT2D eigenvalue weighted by Crippen LogP contribution is -2.39. The number of carbonyl (C=O) groups is 1. The van der Waals surface area contributed by atoms with Gasteiger partial charge in [-0.25, -0.2) is 8.78 Å². The van der Waals surface area contributed by atoms with Gasteiger partial charge in [0.05, 0.1) is 6.10 Å². The Morgan fingerprint density at radius 1 is 1.08 bits per heavy atom. The highest BCUT2D eigenvalue weighted by Gasteiger charge is 2.61. The quantitative estimate of drug-likeness (QED) is 0.359. The van der Waals surface area contributed by atoms with Crippen LogP contribution < -0.4 is 0 Å². The van der Waals surface area contributed by atoms with Gasteiger partial charge in [0.1, 0.15) is 18.0 Å². The van der Waals surface area contributed by atoms with Crippen LogP contribution in [0.2, 0.25) is 0 Å². The van der Waals surface area contributed by atoms with Gasteiger partial charge in [0, 0.05) is 24.7 Å². The lowest BCUT2D eigenvalue weighted by Gasteiger charge is -2.19. The third-order valence-electron chi connectivity index (χ3n) is 5.23. The minimum atomic E-state index is -3.66. The number of halogens is 2. The van der Waals surface area contributed by atoms with Crippen LogP contribution >= 0.6 is 0 Å². The van der Waals surface area contributed by atoms with Gasteiger partial charge in [-0.2, -0.15) is 0 Å². The Hall–Kier alpha value is -0.850. The van der Waals surface area contributed by atoms with Crippen LogP contribution in [-0.2, 0) is 4.79 Å². The topological polar surface area (TPSA) is 77.8 Å². The van der Waals surface area contributed by atoms with Gasteiger partial charge in [0.15, 0.2) is 0 Å². The van der Waals surface area contributed by atoms with E-state index < -0.39 is 36.1 Å². The van der Waals surface area contributed by atoms with E-state index in [0.29, 0.717) is 19.3 Å². The Morgan fingerprint density at radius 2 is 1.69 bits per heavy atom. The standard InChI is InChI=1S/C20H34F2O4/c1-3-5-7-9-14(23)11-12-16-17(13-15(24)10-8-6-4-2)19(26)20(21,22)18(16)25/h11-12,14,16-19,23,25-26H,3-10,13H2,1-2H3/t14?,16-,17-,18?,19?/m1/s1. The summed E-state index contributed by atoms with van der Waals surface area (Å²) in [6.07, 6.45) is 3.89. The van der Waals surface area contributed by atoms with E-state index in [9.17, 15) is 28.9 Å². The molecule has 4 nitrogen and oxygen atoms in total. The zero-order chi connectivity index (χ0) is 19.7. The predicted octanol–water partition coefficient (Wildman–Crippen LogP) is 3.63. The van der Waals surface area contributed by atoms with E-state index in [-0.39, 0.29) is 12.2 Å². The second-order valence-corrected chi connectivity index (χ2v) is 7.45. The molecular formula is C20H34F2O4. The van der Waals surface area contributed by atoms with Gasteiger partial charge < -0.3 is 15.3 Å². The molecule has 0 aliphatic heterocycles. The van der Waals surface area contributed by atoms with E-state index in [0.717, 1.165) is 32.1 Å². The lowest BCUT2D eigenvalue weighted by atomic mass is 9.87. The minimum absolute atomic E-state index is 0.172. The molecule has 3 unspecified atom stereocenters. The van der Waals surface area contributed by atoms with Crippen molar-refractivity contribution in [3.63, 3.8) is 0 Å². The fourth-order valence-electron chi connectivity index (χ4n) is 3.55. The Balaban J connectivity index is 2.75. The fraction of sp³-hybridized carbons (Fsp3) is 0.850. The molecule has 0 aromatic rings. The molecule has 0 heterocycles. The number of aliphatic hydroxyl groups is 3. The number of alkyl halides is 2. The summed E-state index contributed by atoms with van der Waals surface area (Å²) in [5.41, 5.74) is 0. The molecular weight excluding hydrogens is 342 g/mol. The number of Topliss-reactive ketones (excluding diaryl/α,β-unsaturated/α-hetero) is 1. The zero-order valence-corrected chi connectivity index (χ0v) is 15.9. The Morgan fingerprint density at radius 3 is 2.31 bits per heavy atom. The van der Waals surface area contributed by atoms with Crippen LogP contribution in [0.1, 0.15) is 71.6 Å². The first-order valence-corrected chi connectivity index (χ1v) is 9.87. The maximum absolute atomic E-state index is 14.1. The number of rotatable bonds is 12. The summed E-state index contributed by atoms with van der Waals surface area (Å²) in [5, 5.41) is 29.9. The minimum Gasteiger partial charge on any atom is -0.389 e. The lowest BCUT2D eigenvalue weighted by molar-refractivity contribution is -0.151. The highest BCUT2D eigenvalue weighted by atomic mass is 19.3. The van der Waals surface area contributed by atoms with E-state index in [2.05, 4.69) is 0 Å². The molecule has 0 aromatic carbocycles. The maximum atomic E-state index is 14.1. The third-order valence-corrected chi connectivity index (χ3v) is 5.23. The summed E-state index contributed by atoms with van der Waals surface area (Å²) in [5.74, 6) is -5.91. The molecule has 3 N–H and O–H groups in total. The fourth-order valence-corrected chi connectivity index (χ4v) is 3.55. The molecule has 1 fully saturated rings. The number of ketones is 1. The molecule has 6 heteroatoms. The van der Waals surface area contributed by atoms with Crippen molar-refractivity contribution >= 4 is 5.78 Å². The van der Waals surface area contributed by atoms with Crippen molar-refractivity contribution in [1.82, 2.24) is 0 Å². The van der Waals surface area contributed by atoms with E-state index in [4.69, 9.17) is 0 Å². The van der Waals surface area contributed by atoms with Crippen LogP contribution in [0.25, 0.3) is 0 Å². The van der Waals surface area contributed by atoms with E-state index in [1.807, 2.05) is 13.8 Å². The highest BCUT2D eigenvalue weighted by molar-refractivity contribution is 5.78. The smallest absolute Gasteiger partial charge is 0.299 e. The van der Waals surface area contributed by atoms with Gasteiger partial charge in [0.25, 0.3) is 5.92 Å². The molecule has 0 saturated heterocycles. The zero-order valence-electron chi connectivity index (χ0n) is 15.9. The molecule has 5 atom stereocenters. The molecule has 26 heavy (non-hydrogen) atoms. The normalized spacial score (nSPS) is 29.3. The van der Waals surface area contributed by atoms with Gasteiger partial charge in [0.2, 0.25) is 0 Å². The largest absolute Gasteiger partial charge is 0.389 e. The SMILES string of the molecule is CCCCCC(=O)C[C@H]1C(O)C(F)(F)C(O)[C@@H]1C=CC(O)CCCCC. The first-order chi connectivity index (χ1) is 12.3. The molecule has 0 aromatic heterocycles. The Labute approximate surface area is 155 Å². The third kappa shape index (κ3) is 6.39. The van der Waals surface area contributed by atoms with Gasteiger partial charge in [-0.15, -0.1) is 0 Å². The number of aliphatic hydroxyl groups excluding tert-OH is 3. The summed E-state index contributed by atoms with van der Waals surface area (Å²) in [4.78, 5) is 12.1. The molecule has 0 radical (unpaired) electrons. The first-order valence-electron chi connectivity index (χ1n) is 9.87. The number of hydrogen-bond acceptors (Lipinski definition) is 4. The monoisotopic (exact) mass is 376 g/mol. The molecule has 0 spiro atoms. The van der Waals surface area contributed by atoms with E-state index in [1.54, 1.807) is 0 Å². The highest BCUT2D eigenvalue weighted by Crippen LogP contribution is 2.46. The molecule has 0 amide bonds. The van der Waals surface area contributed by atoms with Gasteiger partial charge >= 0.3 is 0 Å². The Kier molecular flexibility index (Phi) is 9.90. The van der Waals surface area contributed by atoms with E-state index >= 15 is 0 Å². The summed E-state index contributed by atoms with van der Waals surface area (Å²) >= 11 is 0. The summed E-state index contributed by atoms with van der Waals surface area (Å²) in [6, 6.07) is 0. The van der Waals surface area contributed by atoms with Crippen molar-refractivity contribution in [1.29, 1.82) is 0 Å². The second kappa shape index (κ2) is 11.1. The van der Waals surface area contributed by atoms with Crippen LogP contribution in [0.3, 0.4) is 0 Å². The summed E-state index contributed by atoms with van der Waals surface area (Å²) in [6.45, 7) is 4.05. The first kappa shape index (κ1) is 23.2. The Bertz CT molecular complexity index is 453. The second-order valence-electron chi connectivity index (χ2n) is 7.45. The van der Waals surface area contributed by atoms with Gasteiger partial charge in [-0.3, -0.25) is 4.79 Å². The average Bonchev–Trinajstić information content (AvgIpc) is 2.74. The maximum Gasteiger partial charge on any atom is 0.299 e. The molecule has 1 saturated carbocycles. The van der Waals surface area contributed by atoms with Crippen LogP contribution in [0.5, 0.6) is 0 Å². The van der Waals surface area contributed by atoms with Crippen molar-refractivity contribution < 1.29 is 28.9 Å². The summed E-state index contributed by atoms with van der Waals surface area (Å²) in [7, 11) is 0. The van der Waals surface area contributed by atoms with Crippen LogP contribution in [0.4, 0.5) is 8.78 Å². The number of hydrogen-bond donors (Lipinski definition) is 3. The van der Waals surface area contributed by atoms with Crippen LogP contribution in [0.15, 0.2) is 12.2 Å². The molecule has 1 aliphatic rings. The van der Waals surface area contributed by atoms with Gasteiger partial charge in [-0.1, -0.05) is 58.1 Å². The van der Waals surface area contributed by atoms with Gasteiger partial charge in [-0.05, 0) is 12.8 Å². The van der Waals surface area contributed by atoms with Crippen molar-refractivity contribution in [2.75, 3.05) is 0 Å². The van der Waals surface area contributed by atoms with E-state index in [1.165, 1.54) is 12.2 Å². The molecule has 0 bridgehead atoms. The predicted molar refractivity (Wildman–Crippen MR) is 97.0 cm³/mol. The van der Waals surface area contributed by atoms with Crippen molar-refractivity contribution in [2.24, 2.45) is 11.8 Å².